The number of nitrogens with zero attached hydrogens (tertiary/aromatic N) is 2. The molecule has 3 rings (SSSR count). The molecule has 0 bridgehead atoms. The van der Waals surface area contributed by atoms with Crippen LogP contribution >= 0.6 is 23.4 Å². The molecule has 2 aromatic carbocycles. The van der Waals surface area contributed by atoms with Crippen molar-refractivity contribution in [3.8, 4) is 0 Å². The molecule has 1 aromatic heterocycles. The van der Waals surface area contributed by atoms with Crippen molar-refractivity contribution >= 4 is 34.3 Å². The molecule has 0 aliphatic heterocycles. The topological polar surface area (TPSA) is 55.2 Å². The number of aliphatic hydroxyl groups excluding tert-OH is 1. The number of aromatic nitrogens is 2. The predicted molar refractivity (Wildman–Crippen MR) is 102 cm³/mol. The molecular weight excluding hydrogens is 356 g/mol. The summed E-state index contributed by atoms with van der Waals surface area (Å²) in [6.07, 6.45) is 0.876. The minimum atomic E-state index is -0.575. The van der Waals surface area contributed by atoms with Crippen LogP contribution in [-0.4, -0.2) is 33.5 Å². The standard InChI is InChI=1S/C19H19ClN2O2S/c1-13(14-6-8-15(20)9-7-14)24-10-16(23)11-25-19-17-4-2-3-5-18(17)21-12-22-19/h2-9,12-13,16,23H,10-11H2,1H3/t13-,16-/m1/s1. The normalized spacial score (nSPS) is 13.7. The van der Waals surface area contributed by atoms with E-state index in [0.29, 0.717) is 10.8 Å². The Morgan fingerprint density at radius 2 is 1.88 bits per heavy atom. The van der Waals surface area contributed by atoms with Gasteiger partial charge in [-0.3, -0.25) is 0 Å². The zero-order valence-electron chi connectivity index (χ0n) is 13.8. The van der Waals surface area contributed by atoms with E-state index in [9.17, 15) is 5.11 Å². The van der Waals surface area contributed by atoms with E-state index in [1.54, 1.807) is 6.33 Å². The molecule has 0 unspecified atom stereocenters. The number of hydrogen-bond donors (Lipinski definition) is 1. The molecular formula is C19H19ClN2O2S. The Kier molecular flexibility index (Phi) is 6.26. The Morgan fingerprint density at radius 3 is 2.68 bits per heavy atom. The van der Waals surface area contributed by atoms with E-state index < -0.39 is 6.10 Å². The maximum absolute atomic E-state index is 10.2. The minimum Gasteiger partial charge on any atom is -0.390 e. The van der Waals surface area contributed by atoms with E-state index in [1.165, 1.54) is 11.8 Å². The first-order chi connectivity index (χ1) is 12.1. The average Bonchev–Trinajstić information content (AvgIpc) is 2.65. The van der Waals surface area contributed by atoms with Crippen LogP contribution in [0.5, 0.6) is 0 Å². The van der Waals surface area contributed by atoms with Gasteiger partial charge in [-0.2, -0.15) is 0 Å². The first kappa shape index (κ1) is 18.1. The average molecular weight is 375 g/mol. The SMILES string of the molecule is C[C@@H](OC[C@@H](O)CSc1ncnc2ccccc12)c1ccc(Cl)cc1. The fourth-order valence-corrected chi connectivity index (χ4v) is 3.43. The summed E-state index contributed by atoms with van der Waals surface area (Å²) in [5.41, 5.74) is 1.94. The van der Waals surface area contributed by atoms with Crippen molar-refractivity contribution in [3.05, 3.63) is 65.4 Å². The van der Waals surface area contributed by atoms with Crippen molar-refractivity contribution in [2.75, 3.05) is 12.4 Å². The largest absolute Gasteiger partial charge is 0.390 e. The maximum atomic E-state index is 10.2. The molecule has 6 heteroatoms. The van der Waals surface area contributed by atoms with Gasteiger partial charge in [-0.25, -0.2) is 9.97 Å². The van der Waals surface area contributed by atoms with Crippen LogP contribution < -0.4 is 0 Å². The van der Waals surface area contributed by atoms with E-state index in [1.807, 2.05) is 55.5 Å². The third-order valence-electron chi connectivity index (χ3n) is 3.80. The second kappa shape index (κ2) is 8.63. The fraction of sp³-hybridized carbons (Fsp3) is 0.263. The number of rotatable bonds is 7. The zero-order chi connectivity index (χ0) is 17.6. The smallest absolute Gasteiger partial charge is 0.117 e. The highest BCUT2D eigenvalue weighted by Gasteiger charge is 2.12. The van der Waals surface area contributed by atoms with E-state index in [4.69, 9.17) is 16.3 Å². The van der Waals surface area contributed by atoms with E-state index in [-0.39, 0.29) is 12.7 Å². The van der Waals surface area contributed by atoms with Crippen molar-refractivity contribution in [3.63, 3.8) is 0 Å². The van der Waals surface area contributed by atoms with Gasteiger partial charge in [0.25, 0.3) is 0 Å². The predicted octanol–water partition coefficient (Wildman–Crippen LogP) is 4.51. The second-order valence-electron chi connectivity index (χ2n) is 5.69. The maximum Gasteiger partial charge on any atom is 0.117 e. The lowest BCUT2D eigenvalue weighted by molar-refractivity contribution is 0.00622. The molecule has 0 saturated carbocycles. The molecule has 3 aromatic rings. The van der Waals surface area contributed by atoms with Gasteiger partial charge in [0.2, 0.25) is 0 Å². The second-order valence-corrected chi connectivity index (χ2v) is 7.13. The van der Waals surface area contributed by atoms with Crippen molar-refractivity contribution in [1.82, 2.24) is 9.97 Å². The molecule has 0 aliphatic rings. The summed E-state index contributed by atoms with van der Waals surface area (Å²) in [6.45, 7) is 2.22. The highest BCUT2D eigenvalue weighted by Crippen LogP contribution is 2.25. The van der Waals surface area contributed by atoms with Crippen LogP contribution in [0.4, 0.5) is 0 Å². The van der Waals surface area contributed by atoms with Gasteiger partial charge in [-0.05, 0) is 30.7 Å². The molecule has 1 heterocycles. The number of aliphatic hydroxyl groups is 1. The van der Waals surface area contributed by atoms with Gasteiger partial charge in [-0.1, -0.05) is 41.9 Å². The van der Waals surface area contributed by atoms with Crippen molar-refractivity contribution in [2.24, 2.45) is 0 Å². The lowest BCUT2D eigenvalue weighted by Gasteiger charge is -2.17. The molecule has 0 radical (unpaired) electrons. The minimum absolute atomic E-state index is 0.100. The summed E-state index contributed by atoms with van der Waals surface area (Å²) in [4.78, 5) is 8.56. The lowest BCUT2D eigenvalue weighted by atomic mass is 10.1. The molecule has 25 heavy (non-hydrogen) atoms. The van der Waals surface area contributed by atoms with Crippen LogP contribution in [-0.2, 0) is 4.74 Å². The van der Waals surface area contributed by atoms with Crippen LogP contribution in [0.2, 0.25) is 5.02 Å². The van der Waals surface area contributed by atoms with Crippen molar-refractivity contribution < 1.29 is 9.84 Å². The fourth-order valence-electron chi connectivity index (χ4n) is 2.40. The Morgan fingerprint density at radius 1 is 1.12 bits per heavy atom. The van der Waals surface area contributed by atoms with Gasteiger partial charge >= 0.3 is 0 Å². The molecule has 0 aliphatic carbocycles. The van der Waals surface area contributed by atoms with Crippen molar-refractivity contribution in [1.29, 1.82) is 0 Å². The van der Waals surface area contributed by atoms with E-state index >= 15 is 0 Å². The Bertz CT molecular complexity index is 824. The quantitative estimate of drug-likeness (QED) is 0.487. The summed E-state index contributed by atoms with van der Waals surface area (Å²) in [5.74, 6) is 0.508. The Labute approximate surface area is 156 Å². The molecule has 4 nitrogen and oxygen atoms in total. The number of hydrogen-bond acceptors (Lipinski definition) is 5. The van der Waals surface area contributed by atoms with Gasteiger partial charge in [0, 0.05) is 16.2 Å². The highest BCUT2D eigenvalue weighted by molar-refractivity contribution is 7.99. The van der Waals surface area contributed by atoms with Gasteiger partial charge in [0.05, 0.1) is 24.3 Å². The van der Waals surface area contributed by atoms with Gasteiger partial charge in [0.1, 0.15) is 11.4 Å². The Hall–Kier alpha value is -1.66. The number of thioether (sulfide) groups is 1. The molecule has 0 spiro atoms. The van der Waals surface area contributed by atoms with Crippen LogP contribution in [0.3, 0.4) is 0 Å². The molecule has 2 atom stereocenters. The molecule has 0 saturated heterocycles. The van der Waals surface area contributed by atoms with Gasteiger partial charge < -0.3 is 9.84 Å². The lowest BCUT2D eigenvalue weighted by Crippen LogP contribution is -2.19. The summed E-state index contributed by atoms with van der Waals surface area (Å²) in [6, 6.07) is 15.4. The summed E-state index contributed by atoms with van der Waals surface area (Å²) < 4.78 is 5.77. The number of ether oxygens (including phenoxy) is 1. The number of fused-ring (bicyclic) bond motifs is 1. The van der Waals surface area contributed by atoms with E-state index in [0.717, 1.165) is 21.5 Å². The summed E-state index contributed by atoms with van der Waals surface area (Å²) >= 11 is 7.40. The van der Waals surface area contributed by atoms with Crippen molar-refractivity contribution in [2.45, 2.75) is 24.2 Å². The third-order valence-corrected chi connectivity index (χ3v) is 5.20. The monoisotopic (exact) mass is 374 g/mol. The van der Waals surface area contributed by atoms with Crippen LogP contribution in [0.1, 0.15) is 18.6 Å². The van der Waals surface area contributed by atoms with E-state index in [2.05, 4.69) is 9.97 Å². The van der Waals surface area contributed by atoms with Crippen LogP contribution in [0.25, 0.3) is 10.9 Å². The number of halogens is 1. The van der Waals surface area contributed by atoms with Crippen LogP contribution in [0, 0.1) is 0 Å². The van der Waals surface area contributed by atoms with Crippen LogP contribution in [0.15, 0.2) is 59.9 Å². The number of benzene rings is 2. The first-order valence-corrected chi connectivity index (χ1v) is 9.37. The Balaban J connectivity index is 1.52. The third kappa shape index (κ3) is 4.92. The highest BCUT2D eigenvalue weighted by atomic mass is 35.5. The summed E-state index contributed by atoms with van der Waals surface area (Å²) in [5, 5.41) is 12.8. The zero-order valence-corrected chi connectivity index (χ0v) is 15.4. The molecule has 0 amide bonds. The van der Waals surface area contributed by atoms with Gasteiger partial charge in [0.15, 0.2) is 0 Å². The molecule has 0 fully saturated rings. The first-order valence-electron chi connectivity index (χ1n) is 8.01. The van der Waals surface area contributed by atoms with Gasteiger partial charge in [-0.15, -0.1) is 11.8 Å². The molecule has 1 N–H and O–H groups in total. The number of para-hydroxylation sites is 1. The summed E-state index contributed by atoms with van der Waals surface area (Å²) in [7, 11) is 0. The molecule has 130 valence electrons.